The molecule has 0 saturated carbocycles. The summed E-state index contributed by atoms with van der Waals surface area (Å²) in [5.74, 6) is 0.990. The second-order valence-electron chi connectivity index (χ2n) is 6.36. The highest BCUT2D eigenvalue weighted by atomic mass is 16.5. The highest BCUT2D eigenvalue weighted by Gasteiger charge is 2.29. The number of piperidine rings is 1. The number of nitrogens with two attached hydrogens (primary N) is 1. The van der Waals surface area contributed by atoms with Crippen LogP contribution in [0.5, 0.6) is 0 Å². The van der Waals surface area contributed by atoms with Gasteiger partial charge in [0.05, 0.1) is 12.7 Å². The highest BCUT2D eigenvalue weighted by Crippen LogP contribution is 2.29. The number of carbonyl (C=O) groups excluding carboxylic acids is 1. The molecule has 1 aliphatic heterocycles. The molecule has 0 radical (unpaired) electrons. The first kappa shape index (κ1) is 15.8. The summed E-state index contributed by atoms with van der Waals surface area (Å²) >= 11 is 0. The van der Waals surface area contributed by atoms with Gasteiger partial charge in [0.1, 0.15) is 0 Å². The van der Waals surface area contributed by atoms with Crippen LogP contribution in [-0.2, 0) is 11.3 Å². The summed E-state index contributed by atoms with van der Waals surface area (Å²) in [5.41, 5.74) is 7.93. The largest absolute Gasteiger partial charge is 0.465 e. The normalized spacial score (nSPS) is 26.6. The highest BCUT2D eigenvalue weighted by molar-refractivity contribution is 5.96. The minimum atomic E-state index is -0.353. The number of ether oxygens (including phenoxy) is 1. The van der Waals surface area contributed by atoms with Gasteiger partial charge in [-0.25, -0.2) is 4.79 Å². The Bertz CT molecular complexity index is 516. The zero-order valence-electron chi connectivity index (χ0n) is 13.4. The molecule has 1 aromatic rings. The summed E-state index contributed by atoms with van der Waals surface area (Å²) in [7, 11) is 1.40. The van der Waals surface area contributed by atoms with Crippen LogP contribution >= 0.6 is 0 Å². The van der Waals surface area contributed by atoms with Crippen LogP contribution in [0.25, 0.3) is 0 Å². The van der Waals surface area contributed by atoms with Crippen molar-refractivity contribution in [3.05, 3.63) is 29.3 Å². The fourth-order valence-electron chi connectivity index (χ4n) is 3.36. The number of carbonyl (C=O) groups is 1. The van der Waals surface area contributed by atoms with Crippen molar-refractivity contribution in [2.45, 2.75) is 39.8 Å². The number of hydrogen-bond donors (Lipinski definition) is 1. The summed E-state index contributed by atoms with van der Waals surface area (Å²) in [6.45, 7) is 8.65. The van der Waals surface area contributed by atoms with E-state index in [9.17, 15) is 4.79 Å². The maximum Gasteiger partial charge on any atom is 0.340 e. The zero-order chi connectivity index (χ0) is 15.6. The average Bonchev–Trinajstić information content (AvgIpc) is 2.43. The molecule has 0 bridgehead atoms. The Kier molecular flexibility index (Phi) is 4.88. The van der Waals surface area contributed by atoms with E-state index in [1.807, 2.05) is 12.1 Å². The Balaban J connectivity index is 2.27. The third kappa shape index (κ3) is 3.38. The maximum absolute atomic E-state index is 12.0. The molecule has 1 saturated heterocycles. The van der Waals surface area contributed by atoms with Gasteiger partial charge in [-0.05, 0) is 36.8 Å². The number of anilines is 1. The summed E-state index contributed by atoms with van der Waals surface area (Å²) in [6.07, 6.45) is 1.26. The molecule has 0 aliphatic carbocycles. The van der Waals surface area contributed by atoms with Gasteiger partial charge in [0.25, 0.3) is 0 Å². The van der Waals surface area contributed by atoms with Crippen LogP contribution in [0.1, 0.15) is 43.1 Å². The van der Waals surface area contributed by atoms with Crippen LogP contribution < -0.4 is 5.73 Å². The van der Waals surface area contributed by atoms with E-state index in [4.69, 9.17) is 10.5 Å². The number of rotatable bonds is 3. The minimum Gasteiger partial charge on any atom is -0.465 e. The van der Waals surface area contributed by atoms with Crippen LogP contribution in [0.4, 0.5) is 5.69 Å². The summed E-state index contributed by atoms with van der Waals surface area (Å²) in [4.78, 5) is 14.4. The molecule has 0 amide bonds. The second kappa shape index (κ2) is 6.48. The fourth-order valence-corrected chi connectivity index (χ4v) is 3.36. The van der Waals surface area contributed by atoms with Crippen molar-refractivity contribution >= 4 is 11.7 Å². The molecule has 2 rings (SSSR count). The van der Waals surface area contributed by atoms with Gasteiger partial charge >= 0.3 is 5.97 Å². The molecule has 4 nitrogen and oxygen atoms in total. The van der Waals surface area contributed by atoms with E-state index in [1.54, 1.807) is 6.07 Å². The Morgan fingerprint density at radius 1 is 1.38 bits per heavy atom. The van der Waals surface area contributed by atoms with E-state index in [0.29, 0.717) is 29.1 Å². The molecule has 0 spiro atoms. The van der Waals surface area contributed by atoms with Crippen molar-refractivity contribution in [3.8, 4) is 0 Å². The monoisotopic (exact) mass is 290 g/mol. The fraction of sp³-hybridized carbons (Fsp3) is 0.588. The van der Waals surface area contributed by atoms with E-state index in [0.717, 1.165) is 18.7 Å². The lowest BCUT2D eigenvalue weighted by atomic mass is 9.85. The van der Waals surface area contributed by atoms with Crippen molar-refractivity contribution in [2.24, 2.45) is 11.8 Å². The van der Waals surface area contributed by atoms with Crippen molar-refractivity contribution in [3.63, 3.8) is 0 Å². The van der Waals surface area contributed by atoms with E-state index in [1.165, 1.54) is 13.5 Å². The quantitative estimate of drug-likeness (QED) is 0.687. The van der Waals surface area contributed by atoms with Crippen LogP contribution in [0.3, 0.4) is 0 Å². The van der Waals surface area contributed by atoms with Crippen LogP contribution in [-0.4, -0.2) is 30.6 Å². The molecule has 1 aromatic carbocycles. The van der Waals surface area contributed by atoms with Crippen molar-refractivity contribution < 1.29 is 9.53 Å². The molecule has 3 unspecified atom stereocenters. The van der Waals surface area contributed by atoms with Gasteiger partial charge in [0, 0.05) is 24.8 Å². The first-order valence-electron chi connectivity index (χ1n) is 7.63. The lowest BCUT2D eigenvalue weighted by molar-refractivity contribution is 0.0586. The van der Waals surface area contributed by atoms with Gasteiger partial charge in [-0.1, -0.05) is 26.0 Å². The summed E-state index contributed by atoms with van der Waals surface area (Å²) < 4.78 is 4.88. The number of nitrogen functional groups attached to an aromatic ring is 1. The zero-order valence-corrected chi connectivity index (χ0v) is 13.4. The Morgan fingerprint density at radius 2 is 2.10 bits per heavy atom. The first-order chi connectivity index (χ1) is 9.93. The summed E-state index contributed by atoms with van der Waals surface area (Å²) in [5, 5.41) is 0. The molecule has 4 heteroatoms. The van der Waals surface area contributed by atoms with E-state index in [-0.39, 0.29) is 5.97 Å². The predicted molar refractivity (Wildman–Crippen MR) is 85.0 cm³/mol. The van der Waals surface area contributed by atoms with Crippen molar-refractivity contribution in [1.29, 1.82) is 0 Å². The SMILES string of the molecule is COC(=O)c1c(N)cccc1CN1CC(C)CC(C)C1C. The third-order valence-electron chi connectivity index (χ3n) is 4.67. The number of nitrogens with zero attached hydrogens (tertiary/aromatic N) is 1. The summed E-state index contributed by atoms with van der Waals surface area (Å²) in [6, 6.07) is 6.13. The molecule has 1 aliphatic rings. The number of hydrogen-bond acceptors (Lipinski definition) is 4. The molecule has 116 valence electrons. The lowest BCUT2D eigenvalue weighted by Crippen LogP contribution is -2.45. The van der Waals surface area contributed by atoms with Gasteiger partial charge in [-0.2, -0.15) is 0 Å². The minimum absolute atomic E-state index is 0.353. The molecule has 1 heterocycles. The van der Waals surface area contributed by atoms with Gasteiger partial charge in [0.2, 0.25) is 0 Å². The van der Waals surface area contributed by atoms with Gasteiger partial charge in [-0.15, -0.1) is 0 Å². The Labute approximate surface area is 127 Å². The molecule has 2 N–H and O–H groups in total. The Hall–Kier alpha value is -1.55. The van der Waals surface area contributed by atoms with Gasteiger partial charge < -0.3 is 10.5 Å². The van der Waals surface area contributed by atoms with Crippen molar-refractivity contribution in [2.75, 3.05) is 19.4 Å². The Morgan fingerprint density at radius 3 is 2.76 bits per heavy atom. The maximum atomic E-state index is 12.0. The van der Waals surface area contributed by atoms with Crippen LogP contribution in [0.15, 0.2) is 18.2 Å². The van der Waals surface area contributed by atoms with E-state index in [2.05, 4.69) is 25.7 Å². The van der Waals surface area contributed by atoms with Crippen molar-refractivity contribution in [1.82, 2.24) is 4.90 Å². The number of likely N-dealkylation sites (tertiary alicyclic amines) is 1. The molecule has 1 fully saturated rings. The van der Waals surface area contributed by atoms with Crippen LogP contribution in [0.2, 0.25) is 0 Å². The van der Waals surface area contributed by atoms with Crippen LogP contribution in [0, 0.1) is 11.8 Å². The molecular formula is C17H26N2O2. The van der Waals surface area contributed by atoms with E-state index >= 15 is 0 Å². The number of methoxy groups -OCH3 is 1. The lowest BCUT2D eigenvalue weighted by Gasteiger charge is -2.41. The van der Waals surface area contributed by atoms with E-state index < -0.39 is 0 Å². The second-order valence-corrected chi connectivity index (χ2v) is 6.36. The first-order valence-corrected chi connectivity index (χ1v) is 7.63. The third-order valence-corrected chi connectivity index (χ3v) is 4.67. The topological polar surface area (TPSA) is 55.6 Å². The smallest absolute Gasteiger partial charge is 0.340 e. The number of esters is 1. The molecule has 21 heavy (non-hydrogen) atoms. The predicted octanol–water partition coefficient (Wildman–Crippen LogP) is 2.92. The molecule has 0 aromatic heterocycles. The standard InChI is InChI=1S/C17H26N2O2/c1-11-8-12(2)13(3)19(9-11)10-14-6-5-7-15(18)16(14)17(20)21-4/h5-7,11-13H,8-10,18H2,1-4H3. The van der Waals surface area contributed by atoms with Gasteiger partial charge in [-0.3, -0.25) is 4.90 Å². The molecule has 3 atom stereocenters. The average molecular weight is 290 g/mol. The molecular weight excluding hydrogens is 264 g/mol. The van der Waals surface area contributed by atoms with Gasteiger partial charge in [0.15, 0.2) is 0 Å². The number of benzene rings is 1.